The molecule has 0 amide bonds. The number of nitrogens with two attached hydrogens (primary N) is 1. The summed E-state index contributed by atoms with van der Waals surface area (Å²) in [5, 5.41) is 0. The van der Waals surface area contributed by atoms with Crippen molar-refractivity contribution in [2.24, 2.45) is 0 Å². The number of nitrogens with zero attached hydrogens (tertiary/aromatic N) is 1. The lowest BCUT2D eigenvalue weighted by Crippen LogP contribution is -2.19. The minimum absolute atomic E-state index is 0.0299. The van der Waals surface area contributed by atoms with E-state index in [1.54, 1.807) is 23.9 Å². The topological polar surface area (TPSA) is 57.2 Å². The average Bonchev–Trinajstić information content (AvgIpc) is 2.40. The molecule has 0 bridgehead atoms. The third-order valence-corrected chi connectivity index (χ3v) is 2.81. The zero-order chi connectivity index (χ0) is 13.0. The summed E-state index contributed by atoms with van der Waals surface area (Å²) < 4.78 is 6.72. The van der Waals surface area contributed by atoms with E-state index in [-0.39, 0.29) is 5.56 Å². The summed E-state index contributed by atoms with van der Waals surface area (Å²) in [7, 11) is 1.64. The van der Waals surface area contributed by atoms with Gasteiger partial charge in [-0.2, -0.15) is 0 Å². The van der Waals surface area contributed by atoms with Gasteiger partial charge in [0.2, 0.25) is 0 Å². The highest BCUT2D eigenvalue weighted by Gasteiger charge is 1.99. The predicted molar refractivity (Wildman–Crippen MR) is 71.8 cm³/mol. The molecule has 4 heteroatoms. The molecule has 0 radical (unpaired) electrons. The van der Waals surface area contributed by atoms with Gasteiger partial charge in [-0.25, -0.2) is 0 Å². The van der Waals surface area contributed by atoms with Crippen LogP contribution in [0.25, 0.3) is 0 Å². The van der Waals surface area contributed by atoms with Gasteiger partial charge in [-0.05, 0) is 30.2 Å². The highest BCUT2D eigenvalue weighted by atomic mass is 16.5. The van der Waals surface area contributed by atoms with Gasteiger partial charge in [0.25, 0.3) is 5.56 Å². The van der Waals surface area contributed by atoms with Gasteiger partial charge >= 0.3 is 0 Å². The summed E-state index contributed by atoms with van der Waals surface area (Å²) in [6, 6.07) is 10.9. The molecule has 4 nitrogen and oxygen atoms in total. The Hall–Kier alpha value is -2.23. The van der Waals surface area contributed by atoms with Crippen LogP contribution in [-0.2, 0) is 13.0 Å². The maximum atomic E-state index is 11.6. The van der Waals surface area contributed by atoms with Crippen molar-refractivity contribution in [3.63, 3.8) is 0 Å². The van der Waals surface area contributed by atoms with Gasteiger partial charge in [-0.3, -0.25) is 4.79 Å². The second-order valence-corrected chi connectivity index (χ2v) is 4.09. The fourth-order valence-corrected chi connectivity index (χ4v) is 1.77. The molecule has 2 aromatic rings. The minimum Gasteiger partial charge on any atom is -0.497 e. The first kappa shape index (κ1) is 12.2. The first-order chi connectivity index (χ1) is 8.69. The van der Waals surface area contributed by atoms with Crippen LogP contribution in [0.5, 0.6) is 5.75 Å². The highest BCUT2D eigenvalue weighted by Crippen LogP contribution is 2.12. The lowest BCUT2D eigenvalue weighted by atomic mass is 10.1. The Morgan fingerprint density at radius 3 is 2.56 bits per heavy atom. The van der Waals surface area contributed by atoms with Gasteiger partial charge in [0.15, 0.2) is 0 Å². The van der Waals surface area contributed by atoms with Crippen LogP contribution < -0.4 is 16.0 Å². The molecule has 1 heterocycles. The standard InChI is InChI=1S/C14H16N2O2/c1-18-13-5-2-11(3-6-13)8-9-16-10-12(15)4-7-14(16)17/h2-7,10H,8-9,15H2,1H3. The molecule has 0 unspecified atom stereocenters. The Bertz CT molecular complexity index is 573. The van der Waals surface area contributed by atoms with E-state index in [9.17, 15) is 4.79 Å². The summed E-state index contributed by atoms with van der Waals surface area (Å²) in [6.07, 6.45) is 2.46. The molecule has 0 spiro atoms. The first-order valence-corrected chi connectivity index (χ1v) is 5.78. The zero-order valence-corrected chi connectivity index (χ0v) is 10.3. The van der Waals surface area contributed by atoms with E-state index in [0.717, 1.165) is 17.7 Å². The van der Waals surface area contributed by atoms with Gasteiger partial charge in [-0.1, -0.05) is 12.1 Å². The molecule has 0 aliphatic carbocycles. The van der Waals surface area contributed by atoms with Crippen molar-refractivity contribution in [3.05, 3.63) is 58.5 Å². The number of pyridine rings is 1. The van der Waals surface area contributed by atoms with Crippen LogP contribution in [-0.4, -0.2) is 11.7 Å². The van der Waals surface area contributed by atoms with Crippen LogP contribution in [0.2, 0.25) is 0 Å². The molecule has 0 aliphatic heterocycles. The lowest BCUT2D eigenvalue weighted by molar-refractivity contribution is 0.414. The van der Waals surface area contributed by atoms with Gasteiger partial charge in [0.1, 0.15) is 5.75 Å². The molecule has 2 rings (SSSR count). The molecule has 2 N–H and O–H groups in total. The molecular formula is C14H16N2O2. The van der Waals surface area contributed by atoms with E-state index in [1.807, 2.05) is 24.3 Å². The second kappa shape index (κ2) is 5.40. The largest absolute Gasteiger partial charge is 0.497 e. The Morgan fingerprint density at radius 1 is 1.17 bits per heavy atom. The molecule has 1 aromatic heterocycles. The molecule has 18 heavy (non-hydrogen) atoms. The number of hydrogen-bond acceptors (Lipinski definition) is 3. The quantitative estimate of drug-likeness (QED) is 0.890. The number of aromatic nitrogens is 1. The van der Waals surface area contributed by atoms with Crippen LogP contribution in [0.4, 0.5) is 5.69 Å². The number of ether oxygens (including phenoxy) is 1. The van der Waals surface area contributed by atoms with Crippen molar-refractivity contribution in [1.29, 1.82) is 0 Å². The summed E-state index contributed by atoms with van der Waals surface area (Å²) in [5.41, 5.74) is 7.39. The minimum atomic E-state index is -0.0299. The third kappa shape index (κ3) is 2.91. The molecular weight excluding hydrogens is 228 g/mol. The Labute approximate surface area is 106 Å². The zero-order valence-electron chi connectivity index (χ0n) is 10.3. The molecule has 0 aliphatic rings. The van der Waals surface area contributed by atoms with Crippen molar-refractivity contribution >= 4 is 5.69 Å². The Balaban J connectivity index is 2.06. The van der Waals surface area contributed by atoms with Gasteiger partial charge in [0.05, 0.1) is 7.11 Å². The first-order valence-electron chi connectivity index (χ1n) is 5.78. The second-order valence-electron chi connectivity index (χ2n) is 4.09. The number of benzene rings is 1. The van der Waals surface area contributed by atoms with Crippen LogP contribution >= 0.6 is 0 Å². The monoisotopic (exact) mass is 244 g/mol. The molecule has 0 atom stereocenters. The van der Waals surface area contributed by atoms with Crippen molar-refractivity contribution in [1.82, 2.24) is 4.57 Å². The third-order valence-electron chi connectivity index (χ3n) is 2.81. The van der Waals surface area contributed by atoms with Crippen LogP contribution in [0.3, 0.4) is 0 Å². The molecule has 0 fully saturated rings. The fourth-order valence-electron chi connectivity index (χ4n) is 1.77. The number of methoxy groups -OCH3 is 1. The van der Waals surface area contributed by atoms with Gasteiger partial charge in [0, 0.05) is 24.5 Å². The normalized spacial score (nSPS) is 10.3. The van der Waals surface area contributed by atoms with E-state index in [0.29, 0.717) is 12.2 Å². The molecule has 94 valence electrons. The number of anilines is 1. The smallest absolute Gasteiger partial charge is 0.250 e. The van der Waals surface area contributed by atoms with Crippen LogP contribution in [0, 0.1) is 0 Å². The van der Waals surface area contributed by atoms with Crippen LogP contribution in [0.1, 0.15) is 5.56 Å². The van der Waals surface area contributed by atoms with E-state index < -0.39 is 0 Å². The molecule has 0 saturated carbocycles. The Morgan fingerprint density at radius 2 is 1.89 bits per heavy atom. The average molecular weight is 244 g/mol. The summed E-state index contributed by atoms with van der Waals surface area (Å²) in [4.78, 5) is 11.6. The van der Waals surface area contributed by atoms with E-state index in [4.69, 9.17) is 10.5 Å². The van der Waals surface area contributed by atoms with E-state index in [1.165, 1.54) is 6.07 Å². The van der Waals surface area contributed by atoms with Crippen molar-refractivity contribution in [3.8, 4) is 5.75 Å². The molecule has 0 saturated heterocycles. The van der Waals surface area contributed by atoms with Gasteiger partial charge < -0.3 is 15.0 Å². The van der Waals surface area contributed by atoms with Crippen LogP contribution in [0.15, 0.2) is 47.4 Å². The number of nitrogen functional groups attached to an aromatic ring is 1. The van der Waals surface area contributed by atoms with Crippen molar-refractivity contribution < 1.29 is 4.74 Å². The van der Waals surface area contributed by atoms with Crippen molar-refractivity contribution in [2.45, 2.75) is 13.0 Å². The summed E-state index contributed by atoms with van der Waals surface area (Å²) >= 11 is 0. The predicted octanol–water partition coefficient (Wildman–Crippen LogP) is 1.68. The summed E-state index contributed by atoms with van der Waals surface area (Å²) in [5.74, 6) is 0.833. The summed E-state index contributed by atoms with van der Waals surface area (Å²) in [6.45, 7) is 0.621. The number of hydrogen-bond donors (Lipinski definition) is 1. The fraction of sp³-hybridized carbons (Fsp3) is 0.214. The van der Waals surface area contributed by atoms with E-state index >= 15 is 0 Å². The van der Waals surface area contributed by atoms with Crippen molar-refractivity contribution in [2.75, 3.05) is 12.8 Å². The SMILES string of the molecule is COc1ccc(CCn2cc(N)ccc2=O)cc1. The maximum Gasteiger partial charge on any atom is 0.250 e. The highest BCUT2D eigenvalue weighted by molar-refractivity contribution is 5.33. The number of aryl methyl sites for hydroxylation is 2. The van der Waals surface area contributed by atoms with E-state index in [2.05, 4.69) is 0 Å². The lowest BCUT2D eigenvalue weighted by Gasteiger charge is -2.07. The number of rotatable bonds is 4. The van der Waals surface area contributed by atoms with Gasteiger partial charge in [-0.15, -0.1) is 0 Å². The molecule has 1 aromatic carbocycles. The Kier molecular flexibility index (Phi) is 3.67. The maximum absolute atomic E-state index is 11.6.